The van der Waals surface area contributed by atoms with Crippen LogP contribution in [-0.2, 0) is 0 Å². The molecule has 1 N–H and O–H groups in total. The zero-order valence-corrected chi connectivity index (χ0v) is 11.2. The van der Waals surface area contributed by atoms with Gasteiger partial charge in [0.05, 0.1) is 0 Å². The quantitative estimate of drug-likeness (QED) is 0.766. The van der Waals surface area contributed by atoms with Crippen LogP contribution in [0.1, 0.15) is 58.3 Å². The van der Waals surface area contributed by atoms with Gasteiger partial charge in [-0.1, -0.05) is 39.0 Å². The monoisotopic (exact) mass is 223 g/mol. The zero-order chi connectivity index (χ0) is 11.4. The van der Waals surface area contributed by atoms with Gasteiger partial charge in [0.15, 0.2) is 0 Å². The molecule has 0 bridgehead atoms. The lowest BCUT2D eigenvalue weighted by Gasteiger charge is -2.40. The predicted molar refractivity (Wildman–Crippen MR) is 70.5 cm³/mol. The second-order valence-corrected chi connectivity index (χ2v) is 6.30. The van der Waals surface area contributed by atoms with E-state index in [0.29, 0.717) is 0 Å². The van der Waals surface area contributed by atoms with Crippen molar-refractivity contribution in [2.24, 2.45) is 23.7 Å². The Bertz CT molecular complexity index is 200. The molecule has 0 aliphatic heterocycles. The van der Waals surface area contributed by atoms with Gasteiger partial charge in [0, 0.05) is 0 Å². The molecular weight excluding hydrogens is 194 g/mol. The maximum atomic E-state index is 3.42. The van der Waals surface area contributed by atoms with E-state index in [4.69, 9.17) is 0 Å². The van der Waals surface area contributed by atoms with E-state index in [1.165, 1.54) is 57.9 Å². The lowest BCUT2D eigenvalue weighted by atomic mass is 9.66. The van der Waals surface area contributed by atoms with Crippen molar-refractivity contribution in [3.63, 3.8) is 0 Å². The summed E-state index contributed by atoms with van der Waals surface area (Å²) in [5, 5.41) is 3.42. The minimum atomic E-state index is 0.981. The fraction of sp³-hybridized carbons (Fsp3) is 1.00. The van der Waals surface area contributed by atoms with Gasteiger partial charge in [0.1, 0.15) is 0 Å². The highest BCUT2D eigenvalue weighted by Crippen LogP contribution is 2.42. The fourth-order valence-electron chi connectivity index (χ4n) is 4.24. The van der Waals surface area contributed by atoms with Gasteiger partial charge >= 0.3 is 0 Å². The number of rotatable bonds is 3. The van der Waals surface area contributed by atoms with Gasteiger partial charge in [-0.2, -0.15) is 0 Å². The maximum absolute atomic E-state index is 3.42. The summed E-state index contributed by atoms with van der Waals surface area (Å²) in [5.41, 5.74) is 0. The Morgan fingerprint density at radius 1 is 1.00 bits per heavy atom. The molecular formula is C15H29N. The molecule has 0 radical (unpaired) electrons. The zero-order valence-electron chi connectivity index (χ0n) is 11.2. The van der Waals surface area contributed by atoms with Gasteiger partial charge in [0.25, 0.3) is 0 Å². The Kier molecular flexibility index (Phi) is 4.69. The molecule has 16 heavy (non-hydrogen) atoms. The number of hydrogen-bond acceptors (Lipinski definition) is 1. The summed E-state index contributed by atoms with van der Waals surface area (Å²) in [6.45, 7) is 3.72. The van der Waals surface area contributed by atoms with Crippen LogP contribution >= 0.6 is 0 Å². The first kappa shape index (κ1) is 12.4. The van der Waals surface area contributed by atoms with Crippen LogP contribution in [-0.4, -0.2) is 13.6 Å². The normalized spacial score (nSPS) is 40.9. The van der Waals surface area contributed by atoms with Crippen LogP contribution < -0.4 is 5.32 Å². The van der Waals surface area contributed by atoms with Crippen LogP contribution in [0.2, 0.25) is 0 Å². The van der Waals surface area contributed by atoms with Crippen molar-refractivity contribution in [2.45, 2.75) is 58.3 Å². The third kappa shape index (κ3) is 3.00. The maximum Gasteiger partial charge on any atom is -0.00208 e. The number of hydrogen-bond donors (Lipinski definition) is 1. The van der Waals surface area contributed by atoms with Crippen LogP contribution in [0.15, 0.2) is 0 Å². The first-order valence-corrected chi connectivity index (χ1v) is 7.46. The summed E-state index contributed by atoms with van der Waals surface area (Å²) in [5.74, 6) is 4.08. The molecule has 2 saturated carbocycles. The molecule has 94 valence electrons. The molecule has 0 aromatic carbocycles. The van der Waals surface area contributed by atoms with Crippen LogP contribution in [0.4, 0.5) is 0 Å². The van der Waals surface area contributed by atoms with Crippen molar-refractivity contribution in [2.75, 3.05) is 13.6 Å². The number of nitrogens with one attached hydrogen (secondary N) is 1. The summed E-state index contributed by atoms with van der Waals surface area (Å²) < 4.78 is 0. The molecule has 2 rings (SSSR count). The van der Waals surface area contributed by atoms with E-state index in [2.05, 4.69) is 19.3 Å². The van der Waals surface area contributed by atoms with Crippen molar-refractivity contribution < 1.29 is 0 Å². The standard InChI is InChI=1S/C15H29N/c1-12-6-5-8-13(10-12)15-9-4-3-7-14(15)11-16-2/h12-16H,3-11H2,1-2H3. The molecule has 1 nitrogen and oxygen atoms in total. The molecule has 2 aliphatic carbocycles. The SMILES string of the molecule is CNCC1CCCCC1C1CCCC(C)C1. The second kappa shape index (κ2) is 6.05. The van der Waals surface area contributed by atoms with Crippen LogP contribution in [0.25, 0.3) is 0 Å². The smallest absolute Gasteiger partial charge is 0.00208 e. The molecule has 0 saturated heterocycles. The van der Waals surface area contributed by atoms with Gasteiger partial charge in [0.2, 0.25) is 0 Å². The minimum Gasteiger partial charge on any atom is -0.319 e. The predicted octanol–water partition coefficient (Wildman–Crippen LogP) is 3.84. The molecule has 0 spiro atoms. The van der Waals surface area contributed by atoms with E-state index in [1.807, 2.05) is 0 Å². The minimum absolute atomic E-state index is 0.981. The van der Waals surface area contributed by atoms with E-state index in [-0.39, 0.29) is 0 Å². The third-order valence-corrected chi connectivity index (χ3v) is 5.02. The Morgan fingerprint density at radius 2 is 1.81 bits per heavy atom. The largest absolute Gasteiger partial charge is 0.319 e. The van der Waals surface area contributed by atoms with Crippen molar-refractivity contribution >= 4 is 0 Å². The van der Waals surface area contributed by atoms with Gasteiger partial charge in [-0.05, 0) is 56.5 Å². The molecule has 2 aliphatic rings. The van der Waals surface area contributed by atoms with Gasteiger partial charge < -0.3 is 5.32 Å². The van der Waals surface area contributed by atoms with Crippen LogP contribution in [0, 0.1) is 23.7 Å². The van der Waals surface area contributed by atoms with E-state index >= 15 is 0 Å². The Morgan fingerprint density at radius 3 is 2.56 bits per heavy atom. The Balaban J connectivity index is 1.93. The molecule has 0 aromatic heterocycles. The van der Waals surface area contributed by atoms with E-state index in [1.54, 1.807) is 0 Å². The molecule has 2 fully saturated rings. The Hall–Kier alpha value is -0.0400. The molecule has 0 amide bonds. The average molecular weight is 223 g/mol. The lowest BCUT2D eigenvalue weighted by molar-refractivity contribution is 0.111. The van der Waals surface area contributed by atoms with E-state index < -0.39 is 0 Å². The van der Waals surface area contributed by atoms with Crippen molar-refractivity contribution in [1.82, 2.24) is 5.32 Å². The first-order chi connectivity index (χ1) is 7.81. The molecule has 0 heterocycles. The highest BCUT2D eigenvalue weighted by atomic mass is 14.8. The summed E-state index contributed by atoms with van der Waals surface area (Å²) in [4.78, 5) is 0. The van der Waals surface area contributed by atoms with Crippen molar-refractivity contribution in [3.8, 4) is 0 Å². The molecule has 1 heteroatoms. The summed E-state index contributed by atoms with van der Waals surface area (Å²) >= 11 is 0. The fourth-order valence-corrected chi connectivity index (χ4v) is 4.24. The van der Waals surface area contributed by atoms with Crippen LogP contribution in [0.5, 0.6) is 0 Å². The highest BCUT2D eigenvalue weighted by Gasteiger charge is 2.33. The second-order valence-electron chi connectivity index (χ2n) is 6.30. The van der Waals surface area contributed by atoms with E-state index in [0.717, 1.165) is 23.7 Å². The van der Waals surface area contributed by atoms with Crippen LogP contribution in [0.3, 0.4) is 0 Å². The highest BCUT2D eigenvalue weighted by molar-refractivity contribution is 4.84. The van der Waals surface area contributed by atoms with E-state index in [9.17, 15) is 0 Å². The molecule has 0 aromatic rings. The van der Waals surface area contributed by atoms with Gasteiger partial charge in [-0.25, -0.2) is 0 Å². The van der Waals surface area contributed by atoms with Gasteiger partial charge in [-0.15, -0.1) is 0 Å². The van der Waals surface area contributed by atoms with Gasteiger partial charge in [-0.3, -0.25) is 0 Å². The average Bonchev–Trinajstić information content (AvgIpc) is 2.30. The summed E-state index contributed by atoms with van der Waals surface area (Å²) in [6.07, 6.45) is 12.0. The molecule has 4 atom stereocenters. The third-order valence-electron chi connectivity index (χ3n) is 5.02. The summed E-state index contributed by atoms with van der Waals surface area (Å²) in [6, 6.07) is 0. The first-order valence-electron chi connectivity index (χ1n) is 7.46. The molecule has 4 unspecified atom stereocenters. The van der Waals surface area contributed by atoms with Crippen molar-refractivity contribution in [1.29, 1.82) is 0 Å². The Labute approximate surface area is 101 Å². The topological polar surface area (TPSA) is 12.0 Å². The van der Waals surface area contributed by atoms with Crippen molar-refractivity contribution in [3.05, 3.63) is 0 Å². The lowest BCUT2D eigenvalue weighted by Crippen LogP contribution is -2.35. The summed E-state index contributed by atoms with van der Waals surface area (Å²) in [7, 11) is 2.12.